The summed E-state index contributed by atoms with van der Waals surface area (Å²) < 4.78 is 4.81. The molecule has 2 atom stereocenters. The Morgan fingerprint density at radius 1 is 0.377 bits per heavy atom. The maximum atomic E-state index is 2.65. The first-order valence-electron chi connectivity index (χ1n) is 21.7. The molecule has 2 aromatic heterocycles. The lowest BCUT2D eigenvalue weighted by molar-refractivity contribution is 0.968. The van der Waals surface area contributed by atoms with Crippen LogP contribution in [-0.4, -0.2) is 17.2 Å². The Bertz CT molecular complexity index is 3240. The van der Waals surface area contributed by atoms with Gasteiger partial charge in [-0.15, -0.1) is 0 Å². The molecule has 10 aromatic rings. The van der Waals surface area contributed by atoms with Crippen molar-refractivity contribution in [2.75, 3.05) is 0 Å². The Balaban J connectivity index is 0.933. The molecule has 0 N–H and O–H groups in total. The van der Waals surface area contributed by atoms with E-state index in [1.807, 2.05) is 0 Å². The minimum absolute atomic E-state index is 0.412. The summed E-state index contributed by atoms with van der Waals surface area (Å²) in [6, 6.07) is 67.5. The number of nitrogens with zero attached hydrogens (tertiary/aromatic N) is 2. The Morgan fingerprint density at radius 3 is 1.21 bits per heavy atom. The van der Waals surface area contributed by atoms with Gasteiger partial charge in [0.1, 0.15) is 0 Å². The Kier molecular flexibility index (Phi) is 7.98. The van der Waals surface area contributed by atoms with Gasteiger partial charge >= 0.3 is 0 Å². The lowest BCUT2D eigenvalue weighted by Crippen LogP contribution is -2.42. The molecule has 2 unspecified atom stereocenters. The number of benzene rings is 8. The number of hydrogen-bond donors (Lipinski definition) is 0. The van der Waals surface area contributed by atoms with Crippen LogP contribution in [0.25, 0.3) is 89.4 Å². The van der Waals surface area contributed by atoms with Crippen LogP contribution in [0.3, 0.4) is 0 Å². The number of hydrogen-bond acceptors (Lipinski definition) is 0. The van der Waals surface area contributed by atoms with E-state index in [0.29, 0.717) is 11.1 Å². The third-order valence-electron chi connectivity index (χ3n) is 14.0. The molecule has 0 bridgehead atoms. The summed E-state index contributed by atoms with van der Waals surface area (Å²) in [4.78, 5) is 0. The molecule has 2 aliphatic carbocycles. The lowest BCUT2D eigenvalue weighted by atomic mass is 9.95. The van der Waals surface area contributed by atoms with E-state index >= 15 is 0 Å². The van der Waals surface area contributed by atoms with Crippen LogP contribution in [0.15, 0.2) is 193 Å². The lowest BCUT2D eigenvalue weighted by Gasteiger charge is -2.39. The molecule has 12 rings (SSSR count). The van der Waals surface area contributed by atoms with Crippen molar-refractivity contribution in [3.05, 3.63) is 215 Å². The molecule has 8 aromatic carbocycles. The Labute approximate surface area is 358 Å². The zero-order valence-corrected chi connectivity index (χ0v) is 36.0. The molecule has 0 aliphatic heterocycles. The Morgan fingerprint density at radius 2 is 0.770 bits per heavy atom. The SMILES string of the molecule is CC1=Cc2c(-c3ccc4c(c3)c3ccccc3n4-c3ccccc3)cccc2C1[Si](C)(C)C1C(C)=Cc2c(-c3ccc4c(c3)c3ccccc3n4-c3ccccc3)cccc21. The number of para-hydroxylation sites is 4. The van der Waals surface area contributed by atoms with Crippen molar-refractivity contribution in [3.8, 4) is 33.6 Å². The molecule has 292 valence electrons. The molecular weight excluding hydrogens is 753 g/mol. The maximum absolute atomic E-state index is 2.65. The van der Waals surface area contributed by atoms with Crippen LogP contribution in [0.1, 0.15) is 47.2 Å². The standard InChI is InChI=1S/C58H46N2Si/c1-37-33-49-43(39-29-31-55-51(35-39)45-21-11-13-27-53(45)59(55)41-17-7-5-8-18-41)23-15-25-47(49)57(37)61(3,4)58-38(2)34-50-44(24-16-26-48(50)58)40-30-32-56-52(36-40)46-22-12-14-28-54(46)60(56)42-19-9-6-10-20-42/h5-36,57-58H,1-4H3. The summed E-state index contributed by atoms with van der Waals surface area (Å²) >= 11 is 0. The zero-order chi connectivity index (χ0) is 41.0. The largest absolute Gasteiger partial charge is 0.309 e. The van der Waals surface area contributed by atoms with Crippen molar-refractivity contribution in [2.45, 2.75) is 38.0 Å². The summed E-state index contributed by atoms with van der Waals surface area (Å²) in [5.74, 6) is 0. The number of rotatable bonds is 6. The average Bonchev–Trinajstić information content (AvgIpc) is 4.03. The molecule has 2 nitrogen and oxygen atoms in total. The second-order valence-corrected chi connectivity index (χ2v) is 22.7. The van der Waals surface area contributed by atoms with E-state index in [1.165, 1.54) is 111 Å². The van der Waals surface area contributed by atoms with E-state index in [2.05, 4.69) is 230 Å². The van der Waals surface area contributed by atoms with Gasteiger partial charge in [-0.3, -0.25) is 0 Å². The summed E-state index contributed by atoms with van der Waals surface area (Å²) in [6.45, 7) is 10.1. The molecule has 0 fully saturated rings. The molecule has 0 spiro atoms. The van der Waals surface area contributed by atoms with Crippen LogP contribution in [0.2, 0.25) is 13.1 Å². The molecule has 61 heavy (non-hydrogen) atoms. The maximum Gasteiger partial charge on any atom is 0.0722 e. The Hall–Kier alpha value is -6.94. The van der Waals surface area contributed by atoms with Crippen LogP contribution < -0.4 is 0 Å². The smallest absolute Gasteiger partial charge is 0.0722 e. The number of aromatic nitrogens is 2. The number of allylic oxidation sites excluding steroid dienone is 2. The van der Waals surface area contributed by atoms with E-state index in [-0.39, 0.29) is 0 Å². The van der Waals surface area contributed by atoms with Crippen molar-refractivity contribution < 1.29 is 0 Å². The second kappa shape index (κ2) is 13.5. The fourth-order valence-electron chi connectivity index (χ4n) is 11.7. The molecule has 2 aliphatic rings. The third kappa shape index (κ3) is 5.33. The summed E-state index contributed by atoms with van der Waals surface area (Å²) in [5, 5.41) is 5.16. The summed E-state index contributed by atoms with van der Waals surface area (Å²) in [5.41, 5.74) is 22.1. The van der Waals surface area contributed by atoms with E-state index in [1.54, 1.807) is 0 Å². The van der Waals surface area contributed by atoms with E-state index in [9.17, 15) is 0 Å². The van der Waals surface area contributed by atoms with Gasteiger partial charge < -0.3 is 9.13 Å². The van der Waals surface area contributed by atoms with Gasteiger partial charge in [-0.05, 0) is 119 Å². The first kappa shape index (κ1) is 36.0. The van der Waals surface area contributed by atoms with E-state index < -0.39 is 8.07 Å². The van der Waals surface area contributed by atoms with Gasteiger partial charge in [-0.1, -0.05) is 158 Å². The van der Waals surface area contributed by atoms with Crippen LogP contribution in [0.5, 0.6) is 0 Å². The minimum Gasteiger partial charge on any atom is -0.309 e. The topological polar surface area (TPSA) is 9.86 Å². The van der Waals surface area contributed by atoms with Gasteiger partial charge in [0.2, 0.25) is 0 Å². The predicted molar refractivity (Wildman–Crippen MR) is 263 cm³/mol. The van der Waals surface area contributed by atoms with Crippen molar-refractivity contribution >= 4 is 63.8 Å². The number of fused-ring (bicyclic) bond motifs is 8. The van der Waals surface area contributed by atoms with Crippen molar-refractivity contribution in [2.24, 2.45) is 0 Å². The first-order chi connectivity index (χ1) is 29.9. The van der Waals surface area contributed by atoms with Crippen LogP contribution in [0.4, 0.5) is 0 Å². The highest BCUT2D eigenvalue weighted by Gasteiger charge is 2.47. The quantitative estimate of drug-likeness (QED) is 0.148. The molecule has 3 heteroatoms. The van der Waals surface area contributed by atoms with E-state index in [4.69, 9.17) is 0 Å². The van der Waals surface area contributed by atoms with E-state index in [0.717, 1.165) is 0 Å². The zero-order valence-electron chi connectivity index (χ0n) is 35.0. The minimum atomic E-state index is -2.09. The second-order valence-electron chi connectivity index (χ2n) is 17.9. The summed E-state index contributed by atoms with van der Waals surface area (Å²) in [6.07, 6.45) is 5.04. The van der Waals surface area contributed by atoms with Gasteiger partial charge in [0.15, 0.2) is 0 Å². The van der Waals surface area contributed by atoms with Gasteiger partial charge in [0.05, 0.1) is 30.1 Å². The monoisotopic (exact) mass is 798 g/mol. The van der Waals surface area contributed by atoms with Gasteiger partial charge in [-0.25, -0.2) is 0 Å². The molecule has 0 amide bonds. The third-order valence-corrected chi connectivity index (χ3v) is 18.5. The van der Waals surface area contributed by atoms with Crippen LogP contribution in [-0.2, 0) is 0 Å². The molecule has 0 saturated carbocycles. The fraction of sp³-hybridized carbons (Fsp3) is 0.103. The molecule has 0 saturated heterocycles. The van der Waals surface area contributed by atoms with Gasteiger partial charge in [0, 0.05) is 44.0 Å². The highest BCUT2D eigenvalue weighted by molar-refractivity contribution is 6.81. The molecule has 0 radical (unpaired) electrons. The van der Waals surface area contributed by atoms with Gasteiger partial charge in [0.25, 0.3) is 0 Å². The average molecular weight is 799 g/mol. The predicted octanol–water partition coefficient (Wildman–Crippen LogP) is 15.7. The molecular formula is C58H46N2Si. The normalized spacial score (nSPS) is 16.1. The molecule has 2 heterocycles. The van der Waals surface area contributed by atoms with Crippen molar-refractivity contribution in [3.63, 3.8) is 0 Å². The van der Waals surface area contributed by atoms with Crippen LogP contribution >= 0.6 is 0 Å². The summed E-state index contributed by atoms with van der Waals surface area (Å²) in [7, 11) is -2.09. The van der Waals surface area contributed by atoms with Gasteiger partial charge in [-0.2, -0.15) is 0 Å². The first-order valence-corrected chi connectivity index (χ1v) is 24.8. The fourth-order valence-corrected chi connectivity index (χ4v) is 16.7. The van der Waals surface area contributed by atoms with Crippen molar-refractivity contribution in [1.82, 2.24) is 9.13 Å². The highest BCUT2D eigenvalue weighted by Crippen LogP contribution is 2.54. The highest BCUT2D eigenvalue weighted by atomic mass is 28.3. The van der Waals surface area contributed by atoms with Crippen molar-refractivity contribution in [1.29, 1.82) is 0 Å². The van der Waals surface area contributed by atoms with Crippen LogP contribution in [0, 0.1) is 0 Å².